The first-order valence-corrected chi connectivity index (χ1v) is 5.25. The minimum atomic E-state index is -1.24. The van der Waals surface area contributed by atoms with Crippen LogP contribution in [0.3, 0.4) is 0 Å². The third-order valence-corrected chi connectivity index (χ3v) is 2.19. The van der Waals surface area contributed by atoms with Gasteiger partial charge in [-0.2, -0.15) is 0 Å². The van der Waals surface area contributed by atoms with E-state index >= 15 is 0 Å². The van der Waals surface area contributed by atoms with Crippen molar-refractivity contribution in [2.24, 2.45) is 0 Å². The number of Topliss-reactive ketones (excluding diaryl/α,β-unsaturated/α-hetero) is 1. The summed E-state index contributed by atoms with van der Waals surface area (Å²) >= 11 is 5.62. The second-order valence-electron chi connectivity index (χ2n) is 3.10. The summed E-state index contributed by atoms with van der Waals surface area (Å²) in [4.78, 5) is 37.4. The number of carbonyl (C=O) groups excluding carboxylic acids is 3. The maximum Gasteiger partial charge on any atom is 0.375 e. The zero-order chi connectivity index (χ0) is 12.8. The maximum atomic E-state index is 11.6. The predicted octanol–water partition coefficient (Wildman–Crippen LogP) is 1.15. The number of carbonyl (C=O) groups is 3. The Hall–Kier alpha value is -1.75. The Morgan fingerprint density at radius 2 is 2.24 bits per heavy atom. The third kappa shape index (κ3) is 3.35. The van der Waals surface area contributed by atoms with Gasteiger partial charge in [-0.15, -0.1) is 0 Å². The Bertz CT molecular complexity index is 430. The van der Waals surface area contributed by atoms with Crippen LogP contribution in [-0.2, 0) is 19.1 Å². The smallest absolute Gasteiger partial charge is 0.375 e. The van der Waals surface area contributed by atoms with Gasteiger partial charge in [0, 0.05) is 6.20 Å². The molecule has 5 nitrogen and oxygen atoms in total. The molecule has 0 radical (unpaired) electrons. The molecule has 0 N–H and O–H groups in total. The quantitative estimate of drug-likeness (QED) is 0.342. The molecule has 1 aromatic rings. The van der Waals surface area contributed by atoms with Gasteiger partial charge in [-0.3, -0.25) is 9.78 Å². The summed E-state index contributed by atoms with van der Waals surface area (Å²) in [7, 11) is 0. The van der Waals surface area contributed by atoms with E-state index in [4.69, 9.17) is 11.6 Å². The largest absolute Gasteiger partial charge is 0.460 e. The molecule has 1 heterocycles. The molecule has 0 aliphatic carbocycles. The topological polar surface area (TPSA) is 73.3 Å². The van der Waals surface area contributed by atoms with Crippen molar-refractivity contribution in [1.29, 1.82) is 0 Å². The van der Waals surface area contributed by atoms with Crippen LogP contribution >= 0.6 is 11.6 Å². The molecule has 0 aliphatic rings. The second-order valence-corrected chi connectivity index (χ2v) is 3.54. The monoisotopic (exact) mass is 255 g/mol. The Labute approximate surface area is 103 Å². The van der Waals surface area contributed by atoms with E-state index in [2.05, 4.69) is 9.72 Å². The first-order valence-electron chi connectivity index (χ1n) is 4.87. The van der Waals surface area contributed by atoms with E-state index in [0.717, 1.165) is 0 Å². The zero-order valence-corrected chi connectivity index (χ0v) is 9.81. The molecule has 0 spiro atoms. The van der Waals surface area contributed by atoms with Gasteiger partial charge in [-0.05, 0) is 19.1 Å². The molecule has 0 amide bonds. The molecule has 0 bridgehead atoms. The van der Waals surface area contributed by atoms with Crippen LogP contribution < -0.4 is 0 Å². The van der Waals surface area contributed by atoms with Crippen LogP contribution in [0.2, 0.25) is 5.02 Å². The number of esters is 1. The van der Waals surface area contributed by atoms with Crippen molar-refractivity contribution in [2.45, 2.75) is 12.8 Å². The number of hydrogen-bond donors (Lipinski definition) is 0. The SMILES string of the molecule is CCOC(=O)C(=O)C(C=O)c1ccc(Cl)cn1. The number of ether oxygens (including phenoxy) is 1. The van der Waals surface area contributed by atoms with Gasteiger partial charge in [0.1, 0.15) is 12.2 Å². The number of rotatable bonds is 5. The van der Waals surface area contributed by atoms with Gasteiger partial charge in [0.05, 0.1) is 17.3 Å². The molecule has 0 aliphatic heterocycles. The summed E-state index contributed by atoms with van der Waals surface area (Å²) in [6.07, 6.45) is 1.65. The number of hydrogen-bond acceptors (Lipinski definition) is 5. The maximum absolute atomic E-state index is 11.6. The molecular weight excluding hydrogens is 246 g/mol. The van der Waals surface area contributed by atoms with E-state index in [1.54, 1.807) is 6.92 Å². The van der Waals surface area contributed by atoms with Gasteiger partial charge < -0.3 is 9.53 Å². The highest BCUT2D eigenvalue weighted by Gasteiger charge is 2.28. The lowest BCUT2D eigenvalue weighted by Crippen LogP contribution is -2.26. The van der Waals surface area contributed by atoms with Crippen LogP contribution in [0.4, 0.5) is 0 Å². The van der Waals surface area contributed by atoms with Crippen LogP contribution in [0.15, 0.2) is 18.3 Å². The van der Waals surface area contributed by atoms with E-state index in [9.17, 15) is 14.4 Å². The molecule has 17 heavy (non-hydrogen) atoms. The average Bonchev–Trinajstić information content (AvgIpc) is 2.32. The lowest BCUT2D eigenvalue weighted by atomic mass is 10.0. The van der Waals surface area contributed by atoms with Crippen molar-refractivity contribution >= 4 is 29.6 Å². The molecule has 1 unspecified atom stereocenters. The van der Waals surface area contributed by atoms with Crippen molar-refractivity contribution < 1.29 is 19.1 Å². The van der Waals surface area contributed by atoms with E-state index in [1.165, 1.54) is 18.3 Å². The molecule has 0 aromatic carbocycles. The third-order valence-electron chi connectivity index (χ3n) is 1.96. The van der Waals surface area contributed by atoms with E-state index in [0.29, 0.717) is 11.3 Å². The highest BCUT2D eigenvalue weighted by atomic mass is 35.5. The van der Waals surface area contributed by atoms with Crippen molar-refractivity contribution in [3.8, 4) is 0 Å². The van der Waals surface area contributed by atoms with Crippen LogP contribution in [0, 0.1) is 0 Å². The van der Waals surface area contributed by atoms with Gasteiger partial charge in [0.25, 0.3) is 5.78 Å². The number of ketones is 1. The lowest BCUT2D eigenvalue weighted by Gasteiger charge is -2.07. The number of aromatic nitrogens is 1. The fourth-order valence-electron chi connectivity index (χ4n) is 1.17. The Morgan fingerprint density at radius 1 is 1.53 bits per heavy atom. The molecule has 1 rings (SSSR count). The van der Waals surface area contributed by atoms with Crippen LogP contribution in [0.5, 0.6) is 0 Å². The number of pyridine rings is 1. The van der Waals surface area contributed by atoms with Crippen LogP contribution in [0.25, 0.3) is 0 Å². The number of halogens is 1. The average molecular weight is 256 g/mol. The Kier molecular flexibility index (Phi) is 4.78. The Morgan fingerprint density at radius 3 is 2.71 bits per heavy atom. The van der Waals surface area contributed by atoms with Crippen LogP contribution in [-0.4, -0.2) is 29.6 Å². The second kappa shape index (κ2) is 6.10. The number of aldehydes is 1. The molecule has 0 saturated heterocycles. The van der Waals surface area contributed by atoms with Gasteiger partial charge in [-0.25, -0.2) is 4.79 Å². The van der Waals surface area contributed by atoms with E-state index in [-0.39, 0.29) is 12.3 Å². The summed E-state index contributed by atoms with van der Waals surface area (Å²) in [6, 6.07) is 2.90. The van der Waals surface area contributed by atoms with Crippen molar-refractivity contribution in [3.63, 3.8) is 0 Å². The fourth-order valence-corrected chi connectivity index (χ4v) is 1.28. The summed E-state index contributed by atoms with van der Waals surface area (Å²) < 4.78 is 4.53. The summed E-state index contributed by atoms with van der Waals surface area (Å²) in [5.41, 5.74) is 0.169. The fraction of sp³-hybridized carbons (Fsp3) is 0.273. The highest BCUT2D eigenvalue weighted by Crippen LogP contribution is 2.15. The molecule has 90 valence electrons. The first kappa shape index (κ1) is 13.3. The molecule has 1 aromatic heterocycles. The van der Waals surface area contributed by atoms with Crippen molar-refractivity contribution in [1.82, 2.24) is 4.98 Å². The zero-order valence-electron chi connectivity index (χ0n) is 9.05. The normalized spacial score (nSPS) is 11.6. The predicted molar refractivity (Wildman–Crippen MR) is 59.7 cm³/mol. The molecule has 1 atom stereocenters. The minimum absolute atomic E-state index is 0.0736. The van der Waals surface area contributed by atoms with E-state index in [1.807, 2.05) is 0 Å². The summed E-state index contributed by atoms with van der Waals surface area (Å²) in [5.74, 6) is -3.22. The van der Waals surface area contributed by atoms with Crippen LogP contribution in [0.1, 0.15) is 18.5 Å². The lowest BCUT2D eigenvalue weighted by molar-refractivity contribution is -0.154. The first-order chi connectivity index (χ1) is 8.10. The standard InChI is InChI=1S/C11H10ClNO4/c1-2-17-11(16)10(15)8(6-14)9-4-3-7(12)5-13-9/h3-6,8H,2H2,1H3. The number of nitrogens with zero attached hydrogens (tertiary/aromatic N) is 1. The van der Waals surface area contributed by atoms with Gasteiger partial charge in [0.2, 0.25) is 0 Å². The van der Waals surface area contributed by atoms with E-state index < -0.39 is 17.7 Å². The molecule has 0 fully saturated rings. The van der Waals surface area contributed by atoms with Crippen molar-refractivity contribution in [2.75, 3.05) is 6.61 Å². The summed E-state index contributed by atoms with van der Waals surface area (Å²) in [5, 5.41) is 0.377. The molecule has 0 saturated carbocycles. The van der Waals surface area contributed by atoms with Gasteiger partial charge in [0.15, 0.2) is 0 Å². The highest BCUT2D eigenvalue weighted by molar-refractivity contribution is 6.38. The summed E-state index contributed by atoms with van der Waals surface area (Å²) in [6.45, 7) is 1.64. The Balaban J connectivity index is 2.91. The minimum Gasteiger partial charge on any atom is -0.460 e. The molecular formula is C11H10ClNO4. The van der Waals surface area contributed by atoms with Gasteiger partial charge >= 0.3 is 5.97 Å². The molecule has 6 heteroatoms. The van der Waals surface area contributed by atoms with Crippen molar-refractivity contribution in [3.05, 3.63) is 29.0 Å². The van der Waals surface area contributed by atoms with Gasteiger partial charge in [-0.1, -0.05) is 11.6 Å².